The van der Waals surface area contributed by atoms with Gasteiger partial charge < -0.3 is 14.2 Å². The van der Waals surface area contributed by atoms with E-state index in [1.54, 1.807) is 0 Å². The van der Waals surface area contributed by atoms with Crippen molar-refractivity contribution >= 4 is 5.97 Å². The maximum absolute atomic E-state index is 11.5. The van der Waals surface area contributed by atoms with Crippen LogP contribution in [0.3, 0.4) is 0 Å². The molecule has 0 aromatic heterocycles. The molecule has 1 aliphatic rings. The molecule has 0 amide bonds. The lowest BCUT2D eigenvalue weighted by Gasteiger charge is -2.23. The first-order chi connectivity index (χ1) is 10.2. The highest BCUT2D eigenvalue weighted by Gasteiger charge is 2.16. The van der Waals surface area contributed by atoms with Gasteiger partial charge in [-0.25, -0.2) is 0 Å². The van der Waals surface area contributed by atoms with Gasteiger partial charge in [-0.15, -0.1) is 0 Å². The molecule has 2 atom stereocenters. The van der Waals surface area contributed by atoms with Crippen LogP contribution in [0.25, 0.3) is 0 Å². The molecule has 2 rings (SSSR count). The molecule has 2 unspecified atom stereocenters. The molecule has 0 bridgehead atoms. The molecule has 1 aromatic rings. The van der Waals surface area contributed by atoms with Crippen molar-refractivity contribution in [2.45, 2.75) is 51.7 Å². The fraction of sp³-hybridized carbons (Fsp3) is 0.588. The van der Waals surface area contributed by atoms with Gasteiger partial charge in [-0.2, -0.15) is 0 Å². The molecule has 116 valence electrons. The Morgan fingerprint density at radius 1 is 1.33 bits per heavy atom. The van der Waals surface area contributed by atoms with Gasteiger partial charge in [0.25, 0.3) is 0 Å². The Morgan fingerprint density at radius 3 is 2.71 bits per heavy atom. The number of hydrogen-bond donors (Lipinski definition) is 0. The standard InChI is InChI=1S/C17H24O4/c1-3-19-16(18)12-13(2)14-7-9-15(10-8-14)21-17-6-4-5-11-20-17/h7-10,13,17H,3-6,11-12H2,1-2H3. The summed E-state index contributed by atoms with van der Waals surface area (Å²) >= 11 is 0. The molecule has 1 aliphatic heterocycles. The Balaban J connectivity index is 1.87. The minimum absolute atomic E-state index is 0.124. The van der Waals surface area contributed by atoms with Gasteiger partial charge in [-0.1, -0.05) is 19.1 Å². The average Bonchev–Trinajstić information content (AvgIpc) is 2.49. The average molecular weight is 292 g/mol. The third kappa shape index (κ3) is 5.05. The van der Waals surface area contributed by atoms with Crippen LogP contribution in [-0.4, -0.2) is 25.5 Å². The van der Waals surface area contributed by atoms with E-state index in [0.717, 1.165) is 37.2 Å². The molecule has 4 heteroatoms. The molecule has 0 spiro atoms. The fourth-order valence-corrected chi connectivity index (χ4v) is 2.42. The summed E-state index contributed by atoms with van der Waals surface area (Å²) in [6.07, 6.45) is 3.49. The number of hydrogen-bond acceptors (Lipinski definition) is 4. The van der Waals surface area contributed by atoms with Gasteiger partial charge in [0.2, 0.25) is 0 Å². The van der Waals surface area contributed by atoms with Crippen molar-refractivity contribution in [2.24, 2.45) is 0 Å². The Labute approximate surface area is 126 Å². The van der Waals surface area contributed by atoms with Crippen molar-refractivity contribution in [3.05, 3.63) is 29.8 Å². The zero-order valence-electron chi connectivity index (χ0n) is 12.8. The van der Waals surface area contributed by atoms with Crippen molar-refractivity contribution in [2.75, 3.05) is 13.2 Å². The monoisotopic (exact) mass is 292 g/mol. The smallest absolute Gasteiger partial charge is 0.306 e. The molecule has 21 heavy (non-hydrogen) atoms. The molecule has 1 heterocycles. The second-order valence-electron chi connectivity index (χ2n) is 5.39. The number of rotatable bonds is 6. The second kappa shape index (κ2) is 8.03. The van der Waals surface area contributed by atoms with Crippen LogP contribution in [0.15, 0.2) is 24.3 Å². The van der Waals surface area contributed by atoms with Crippen LogP contribution in [0.5, 0.6) is 5.75 Å². The van der Waals surface area contributed by atoms with E-state index in [0.29, 0.717) is 13.0 Å². The van der Waals surface area contributed by atoms with E-state index >= 15 is 0 Å². The summed E-state index contributed by atoms with van der Waals surface area (Å²) in [5.74, 6) is 0.805. The third-order valence-corrected chi connectivity index (χ3v) is 3.63. The molecular weight excluding hydrogens is 268 g/mol. The van der Waals surface area contributed by atoms with Crippen LogP contribution in [-0.2, 0) is 14.3 Å². The maximum Gasteiger partial charge on any atom is 0.306 e. The van der Waals surface area contributed by atoms with E-state index in [9.17, 15) is 4.79 Å². The first kappa shape index (κ1) is 15.8. The molecule has 0 saturated carbocycles. The van der Waals surface area contributed by atoms with Crippen molar-refractivity contribution in [3.8, 4) is 5.75 Å². The molecule has 1 aromatic carbocycles. The highest BCUT2D eigenvalue weighted by molar-refractivity contribution is 5.70. The molecule has 4 nitrogen and oxygen atoms in total. The largest absolute Gasteiger partial charge is 0.466 e. The summed E-state index contributed by atoms with van der Waals surface area (Å²) < 4.78 is 16.3. The van der Waals surface area contributed by atoms with E-state index in [-0.39, 0.29) is 18.2 Å². The lowest BCUT2D eigenvalue weighted by molar-refractivity contribution is -0.143. The van der Waals surface area contributed by atoms with E-state index in [2.05, 4.69) is 0 Å². The van der Waals surface area contributed by atoms with Crippen LogP contribution in [0.4, 0.5) is 0 Å². The summed E-state index contributed by atoms with van der Waals surface area (Å²) in [7, 11) is 0. The van der Waals surface area contributed by atoms with Gasteiger partial charge in [0.1, 0.15) is 5.75 Å². The molecule has 0 radical (unpaired) electrons. The van der Waals surface area contributed by atoms with Gasteiger partial charge in [0.15, 0.2) is 6.29 Å². The Kier molecular flexibility index (Phi) is 6.05. The zero-order valence-corrected chi connectivity index (χ0v) is 12.8. The fourth-order valence-electron chi connectivity index (χ4n) is 2.42. The summed E-state index contributed by atoms with van der Waals surface area (Å²) in [6.45, 7) is 5.05. The minimum Gasteiger partial charge on any atom is -0.466 e. The summed E-state index contributed by atoms with van der Waals surface area (Å²) in [6, 6.07) is 7.88. The van der Waals surface area contributed by atoms with Crippen LogP contribution in [0, 0.1) is 0 Å². The molecule has 0 N–H and O–H groups in total. The predicted molar refractivity (Wildman–Crippen MR) is 80.3 cm³/mol. The number of benzene rings is 1. The minimum atomic E-state index is -0.152. The Morgan fingerprint density at radius 2 is 2.10 bits per heavy atom. The van der Waals surface area contributed by atoms with Crippen molar-refractivity contribution < 1.29 is 19.0 Å². The van der Waals surface area contributed by atoms with Crippen LogP contribution in [0.2, 0.25) is 0 Å². The quantitative estimate of drug-likeness (QED) is 0.751. The number of carbonyl (C=O) groups is 1. The predicted octanol–water partition coefficient (Wildman–Crippen LogP) is 3.65. The lowest BCUT2D eigenvalue weighted by atomic mass is 9.98. The van der Waals surface area contributed by atoms with Gasteiger partial charge in [0, 0.05) is 6.42 Å². The molecule has 1 fully saturated rings. The third-order valence-electron chi connectivity index (χ3n) is 3.63. The van der Waals surface area contributed by atoms with Crippen molar-refractivity contribution in [1.29, 1.82) is 0 Å². The highest BCUT2D eigenvalue weighted by Crippen LogP contribution is 2.24. The van der Waals surface area contributed by atoms with E-state index in [4.69, 9.17) is 14.2 Å². The van der Waals surface area contributed by atoms with E-state index < -0.39 is 0 Å². The normalized spacial score (nSPS) is 19.8. The topological polar surface area (TPSA) is 44.8 Å². The second-order valence-corrected chi connectivity index (χ2v) is 5.39. The Bertz CT molecular complexity index is 435. The number of carbonyl (C=O) groups excluding carboxylic acids is 1. The first-order valence-corrected chi connectivity index (χ1v) is 7.73. The van der Waals surface area contributed by atoms with Crippen molar-refractivity contribution in [3.63, 3.8) is 0 Å². The summed E-state index contributed by atoms with van der Waals surface area (Å²) in [5, 5.41) is 0. The van der Waals surface area contributed by atoms with E-state index in [1.165, 1.54) is 0 Å². The van der Waals surface area contributed by atoms with E-state index in [1.807, 2.05) is 38.1 Å². The maximum atomic E-state index is 11.5. The van der Waals surface area contributed by atoms with Crippen molar-refractivity contribution in [1.82, 2.24) is 0 Å². The summed E-state index contributed by atoms with van der Waals surface area (Å²) in [5.41, 5.74) is 1.11. The van der Waals surface area contributed by atoms with Crippen LogP contribution >= 0.6 is 0 Å². The highest BCUT2D eigenvalue weighted by atomic mass is 16.7. The van der Waals surface area contributed by atoms with Gasteiger partial charge in [-0.3, -0.25) is 4.79 Å². The van der Waals surface area contributed by atoms with Gasteiger partial charge >= 0.3 is 5.97 Å². The van der Waals surface area contributed by atoms with Crippen LogP contribution < -0.4 is 4.74 Å². The number of ether oxygens (including phenoxy) is 3. The van der Waals surface area contributed by atoms with Gasteiger partial charge in [-0.05, 0) is 43.4 Å². The number of esters is 1. The molecule has 0 aliphatic carbocycles. The Hall–Kier alpha value is -1.55. The summed E-state index contributed by atoms with van der Waals surface area (Å²) in [4.78, 5) is 11.5. The lowest BCUT2D eigenvalue weighted by Crippen LogP contribution is -2.24. The molecular formula is C17H24O4. The zero-order chi connectivity index (χ0) is 15.1. The molecule has 1 saturated heterocycles. The van der Waals surface area contributed by atoms with Crippen LogP contribution in [0.1, 0.15) is 51.0 Å². The first-order valence-electron chi connectivity index (χ1n) is 7.73. The van der Waals surface area contributed by atoms with Gasteiger partial charge in [0.05, 0.1) is 19.6 Å². The SMILES string of the molecule is CCOC(=O)CC(C)c1ccc(OC2CCCCO2)cc1.